The Balaban J connectivity index is 2.16. The molecule has 2 rings (SSSR count). The first kappa shape index (κ1) is 14.0. The van der Waals surface area contributed by atoms with Gasteiger partial charge in [0.05, 0.1) is 17.9 Å². The molecule has 0 saturated heterocycles. The molecule has 5 heteroatoms. The van der Waals surface area contributed by atoms with E-state index in [2.05, 4.69) is 5.32 Å². The van der Waals surface area contributed by atoms with Gasteiger partial charge in [0, 0.05) is 6.54 Å². The predicted octanol–water partition coefficient (Wildman–Crippen LogP) is 2.63. The zero-order chi connectivity index (χ0) is 14.5. The van der Waals surface area contributed by atoms with E-state index in [9.17, 15) is 9.18 Å². The number of aliphatic hydroxyl groups is 1. The Kier molecular flexibility index (Phi) is 4.32. The highest BCUT2D eigenvalue weighted by Crippen LogP contribution is 2.20. The van der Waals surface area contributed by atoms with Gasteiger partial charge in [0.2, 0.25) is 0 Å². The fourth-order valence-electron chi connectivity index (χ4n) is 1.83. The maximum atomic E-state index is 13.7. The Bertz CT molecular complexity index is 611. The summed E-state index contributed by atoms with van der Waals surface area (Å²) in [5.41, 5.74) is 1.52. The van der Waals surface area contributed by atoms with Gasteiger partial charge in [-0.2, -0.15) is 0 Å². The lowest BCUT2D eigenvalue weighted by Gasteiger charge is -2.11. The van der Waals surface area contributed by atoms with Gasteiger partial charge in [-0.1, -0.05) is 30.3 Å². The summed E-state index contributed by atoms with van der Waals surface area (Å²) >= 11 is 0. The third-order valence-corrected chi connectivity index (χ3v) is 2.92. The van der Waals surface area contributed by atoms with Crippen molar-refractivity contribution < 1.29 is 19.4 Å². The molecule has 0 aliphatic heterocycles. The Morgan fingerprint density at radius 2 is 1.75 bits per heavy atom. The minimum absolute atomic E-state index is 0.0220. The Morgan fingerprint density at radius 1 is 1.10 bits per heavy atom. The van der Waals surface area contributed by atoms with Crippen LogP contribution in [0.3, 0.4) is 0 Å². The molecule has 0 fully saturated rings. The lowest BCUT2D eigenvalue weighted by atomic mass is 10.1. The van der Waals surface area contributed by atoms with Gasteiger partial charge < -0.3 is 15.5 Å². The quantitative estimate of drug-likeness (QED) is 0.784. The maximum absolute atomic E-state index is 13.7. The van der Waals surface area contributed by atoms with Crippen molar-refractivity contribution in [1.82, 2.24) is 0 Å². The van der Waals surface area contributed by atoms with E-state index in [1.807, 2.05) is 0 Å². The van der Waals surface area contributed by atoms with E-state index >= 15 is 0 Å². The van der Waals surface area contributed by atoms with Crippen LogP contribution in [0.5, 0.6) is 0 Å². The molecule has 0 heterocycles. The van der Waals surface area contributed by atoms with E-state index in [4.69, 9.17) is 10.2 Å². The minimum Gasteiger partial charge on any atom is -0.478 e. The first-order valence-electron chi connectivity index (χ1n) is 6.06. The first-order valence-corrected chi connectivity index (χ1v) is 6.06. The minimum atomic E-state index is -1.18. The third-order valence-electron chi connectivity index (χ3n) is 2.92. The highest BCUT2D eigenvalue weighted by atomic mass is 19.1. The smallest absolute Gasteiger partial charge is 0.337 e. The van der Waals surface area contributed by atoms with E-state index in [0.29, 0.717) is 6.54 Å². The zero-order valence-corrected chi connectivity index (χ0v) is 10.6. The van der Waals surface area contributed by atoms with Crippen molar-refractivity contribution in [3.05, 3.63) is 65.0 Å². The van der Waals surface area contributed by atoms with Gasteiger partial charge in [0.1, 0.15) is 5.82 Å². The molecule has 0 spiro atoms. The highest BCUT2D eigenvalue weighted by Gasteiger charge is 2.13. The Labute approximate surface area is 115 Å². The second-order valence-electron chi connectivity index (χ2n) is 4.30. The van der Waals surface area contributed by atoms with Crippen molar-refractivity contribution >= 4 is 11.7 Å². The molecular formula is C15H14FNO3. The van der Waals surface area contributed by atoms with Crippen LogP contribution >= 0.6 is 0 Å². The van der Waals surface area contributed by atoms with Crippen LogP contribution < -0.4 is 5.32 Å². The summed E-state index contributed by atoms with van der Waals surface area (Å²) in [7, 11) is 0. The van der Waals surface area contributed by atoms with Gasteiger partial charge in [-0.05, 0) is 23.3 Å². The third kappa shape index (κ3) is 3.13. The van der Waals surface area contributed by atoms with Gasteiger partial charge >= 0.3 is 5.97 Å². The van der Waals surface area contributed by atoms with Crippen LogP contribution in [0.15, 0.2) is 42.5 Å². The fourth-order valence-corrected chi connectivity index (χ4v) is 1.83. The van der Waals surface area contributed by atoms with Crippen molar-refractivity contribution in [2.45, 2.75) is 13.2 Å². The SMILES string of the molecule is O=C(O)c1cccc(F)c1NCc1ccc(CO)cc1. The molecule has 0 bridgehead atoms. The van der Waals surface area contributed by atoms with Crippen molar-refractivity contribution in [2.75, 3.05) is 5.32 Å². The Hall–Kier alpha value is -2.40. The van der Waals surface area contributed by atoms with Gasteiger partial charge in [-0.15, -0.1) is 0 Å². The molecule has 0 aliphatic carbocycles. The summed E-state index contributed by atoms with van der Waals surface area (Å²) in [5.74, 6) is -1.78. The fraction of sp³-hybridized carbons (Fsp3) is 0.133. The first-order chi connectivity index (χ1) is 9.61. The molecule has 0 aromatic heterocycles. The molecule has 0 unspecified atom stereocenters. The van der Waals surface area contributed by atoms with E-state index < -0.39 is 11.8 Å². The molecule has 2 aromatic rings. The number of anilines is 1. The summed E-state index contributed by atoms with van der Waals surface area (Å²) in [6.45, 7) is 0.261. The van der Waals surface area contributed by atoms with E-state index in [1.165, 1.54) is 18.2 Å². The number of carboxylic acids is 1. The molecule has 0 aliphatic rings. The molecule has 3 N–H and O–H groups in total. The number of hydrogen-bond acceptors (Lipinski definition) is 3. The number of aliphatic hydroxyl groups excluding tert-OH is 1. The second kappa shape index (κ2) is 6.16. The number of hydrogen-bond donors (Lipinski definition) is 3. The van der Waals surface area contributed by atoms with Crippen LogP contribution in [-0.4, -0.2) is 16.2 Å². The lowest BCUT2D eigenvalue weighted by molar-refractivity contribution is 0.0697. The number of para-hydroxylation sites is 1. The summed E-state index contributed by atoms with van der Waals surface area (Å²) in [6.07, 6.45) is 0. The van der Waals surface area contributed by atoms with Gasteiger partial charge in [0.15, 0.2) is 0 Å². The number of nitrogens with one attached hydrogen (secondary N) is 1. The summed E-state index contributed by atoms with van der Waals surface area (Å²) in [6, 6.07) is 11.0. The van der Waals surface area contributed by atoms with Crippen LogP contribution in [0.1, 0.15) is 21.5 Å². The summed E-state index contributed by atoms with van der Waals surface area (Å²) in [4.78, 5) is 11.0. The number of rotatable bonds is 5. The largest absolute Gasteiger partial charge is 0.478 e. The van der Waals surface area contributed by atoms with Crippen LogP contribution in [0, 0.1) is 5.82 Å². The molecule has 4 nitrogen and oxygen atoms in total. The van der Waals surface area contributed by atoms with Gasteiger partial charge in [0.25, 0.3) is 0 Å². The van der Waals surface area contributed by atoms with Crippen molar-refractivity contribution in [3.8, 4) is 0 Å². The standard InChI is InChI=1S/C15H14FNO3/c16-13-3-1-2-12(15(19)20)14(13)17-8-10-4-6-11(9-18)7-5-10/h1-7,17-18H,8-9H2,(H,19,20). The predicted molar refractivity (Wildman–Crippen MR) is 73.1 cm³/mol. The monoisotopic (exact) mass is 275 g/mol. The van der Waals surface area contributed by atoms with E-state index in [0.717, 1.165) is 11.1 Å². The summed E-state index contributed by atoms with van der Waals surface area (Å²) in [5, 5.41) is 20.8. The average molecular weight is 275 g/mol. The number of carbonyl (C=O) groups is 1. The molecule has 0 saturated carbocycles. The van der Waals surface area contributed by atoms with E-state index in [-0.39, 0.29) is 17.9 Å². The lowest BCUT2D eigenvalue weighted by Crippen LogP contribution is -2.08. The summed E-state index contributed by atoms with van der Waals surface area (Å²) < 4.78 is 13.7. The Morgan fingerprint density at radius 3 is 2.35 bits per heavy atom. The number of aromatic carboxylic acids is 1. The number of benzene rings is 2. The topological polar surface area (TPSA) is 69.6 Å². The average Bonchev–Trinajstić information content (AvgIpc) is 2.46. The van der Waals surface area contributed by atoms with Gasteiger partial charge in [-0.25, -0.2) is 9.18 Å². The van der Waals surface area contributed by atoms with Crippen molar-refractivity contribution in [1.29, 1.82) is 0 Å². The maximum Gasteiger partial charge on any atom is 0.337 e. The second-order valence-corrected chi connectivity index (χ2v) is 4.30. The van der Waals surface area contributed by atoms with Crippen molar-refractivity contribution in [2.24, 2.45) is 0 Å². The molecule has 0 atom stereocenters. The van der Waals surface area contributed by atoms with Crippen LogP contribution in [0.4, 0.5) is 10.1 Å². The highest BCUT2D eigenvalue weighted by molar-refractivity contribution is 5.94. The van der Waals surface area contributed by atoms with E-state index in [1.54, 1.807) is 24.3 Å². The zero-order valence-electron chi connectivity index (χ0n) is 10.6. The molecular weight excluding hydrogens is 261 g/mol. The normalized spacial score (nSPS) is 10.3. The molecule has 20 heavy (non-hydrogen) atoms. The number of halogens is 1. The van der Waals surface area contributed by atoms with Crippen molar-refractivity contribution in [3.63, 3.8) is 0 Å². The molecule has 0 amide bonds. The molecule has 2 aromatic carbocycles. The molecule has 0 radical (unpaired) electrons. The van der Waals surface area contributed by atoms with Crippen LogP contribution in [0.2, 0.25) is 0 Å². The van der Waals surface area contributed by atoms with Gasteiger partial charge in [-0.3, -0.25) is 0 Å². The van der Waals surface area contributed by atoms with Crippen LogP contribution in [-0.2, 0) is 13.2 Å². The molecule has 104 valence electrons. The number of carboxylic acid groups (broad SMARTS) is 1. The van der Waals surface area contributed by atoms with Crippen LogP contribution in [0.25, 0.3) is 0 Å².